The highest BCUT2D eigenvalue weighted by atomic mass is 16.5. The van der Waals surface area contributed by atoms with E-state index in [4.69, 9.17) is 4.74 Å². The summed E-state index contributed by atoms with van der Waals surface area (Å²) >= 11 is 0. The summed E-state index contributed by atoms with van der Waals surface area (Å²) in [7, 11) is 0. The first kappa shape index (κ1) is 15.1. The van der Waals surface area contributed by atoms with Gasteiger partial charge in [0.05, 0.1) is 6.61 Å². The van der Waals surface area contributed by atoms with Crippen molar-refractivity contribution in [3.8, 4) is 5.88 Å². The number of nitrogens with one attached hydrogen (secondary N) is 1. The summed E-state index contributed by atoms with van der Waals surface area (Å²) in [5, 5.41) is 3.55. The van der Waals surface area contributed by atoms with E-state index in [0.29, 0.717) is 18.6 Å². The summed E-state index contributed by atoms with van der Waals surface area (Å²) in [5.41, 5.74) is 0. The third-order valence-electron chi connectivity index (χ3n) is 4.02. The van der Waals surface area contributed by atoms with Crippen molar-refractivity contribution in [2.45, 2.75) is 39.7 Å². The van der Waals surface area contributed by atoms with Gasteiger partial charge in [-0.05, 0) is 45.2 Å². The molecule has 1 fully saturated rings. The third-order valence-corrected chi connectivity index (χ3v) is 4.02. The molecule has 0 saturated carbocycles. The fourth-order valence-corrected chi connectivity index (χ4v) is 2.92. The Hall–Kier alpha value is -1.29. The van der Waals surface area contributed by atoms with Crippen LogP contribution in [-0.2, 0) is 0 Å². The number of aromatic nitrogens is 1. The lowest BCUT2D eigenvalue weighted by atomic mass is 9.91. The molecule has 2 heterocycles. The maximum Gasteiger partial charge on any atom is 0.215 e. The van der Waals surface area contributed by atoms with Crippen LogP contribution in [0.5, 0.6) is 5.88 Å². The summed E-state index contributed by atoms with van der Waals surface area (Å²) in [6, 6.07) is 6.61. The lowest BCUT2D eigenvalue weighted by molar-refractivity contribution is 0.317. The highest BCUT2D eigenvalue weighted by Gasteiger charge is 2.25. The van der Waals surface area contributed by atoms with E-state index in [1.807, 2.05) is 19.1 Å². The van der Waals surface area contributed by atoms with E-state index in [1.54, 1.807) is 0 Å². The Morgan fingerprint density at radius 2 is 2.30 bits per heavy atom. The van der Waals surface area contributed by atoms with Crippen LogP contribution in [0.4, 0.5) is 5.82 Å². The largest absolute Gasteiger partial charge is 0.478 e. The minimum absolute atomic E-state index is 0.567. The summed E-state index contributed by atoms with van der Waals surface area (Å²) in [6.07, 6.45) is 2.54. The number of piperidine rings is 1. The monoisotopic (exact) mass is 277 g/mol. The molecular formula is C16H27N3O. The third kappa shape index (κ3) is 3.85. The van der Waals surface area contributed by atoms with Crippen molar-refractivity contribution in [2.24, 2.45) is 5.92 Å². The van der Waals surface area contributed by atoms with Crippen molar-refractivity contribution in [1.82, 2.24) is 10.3 Å². The van der Waals surface area contributed by atoms with E-state index >= 15 is 0 Å². The molecule has 2 rings (SSSR count). The molecular weight excluding hydrogens is 250 g/mol. The van der Waals surface area contributed by atoms with Crippen LogP contribution in [0.15, 0.2) is 18.2 Å². The van der Waals surface area contributed by atoms with E-state index < -0.39 is 0 Å². The quantitative estimate of drug-likeness (QED) is 0.867. The first-order valence-corrected chi connectivity index (χ1v) is 7.82. The Bertz CT molecular complexity index is 410. The molecule has 0 amide bonds. The van der Waals surface area contributed by atoms with Gasteiger partial charge in [0.2, 0.25) is 5.88 Å². The number of hydrogen-bond acceptors (Lipinski definition) is 4. The van der Waals surface area contributed by atoms with Crippen molar-refractivity contribution >= 4 is 5.82 Å². The van der Waals surface area contributed by atoms with Crippen molar-refractivity contribution in [2.75, 3.05) is 31.1 Å². The zero-order valence-corrected chi connectivity index (χ0v) is 12.9. The Balaban J connectivity index is 2.02. The number of nitrogens with zero attached hydrogens (tertiary/aromatic N) is 2. The van der Waals surface area contributed by atoms with Gasteiger partial charge in [-0.3, -0.25) is 0 Å². The predicted molar refractivity (Wildman–Crippen MR) is 83.5 cm³/mol. The number of hydrogen-bond donors (Lipinski definition) is 1. The normalized spacial score (nSPS) is 20.8. The molecule has 1 saturated heterocycles. The molecule has 1 N–H and O–H groups in total. The molecule has 1 aliphatic heterocycles. The van der Waals surface area contributed by atoms with Crippen LogP contribution in [0.25, 0.3) is 0 Å². The van der Waals surface area contributed by atoms with Gasteiger partial charge in [0.1, 0.15) is 5.82 Å². The van der Waals surface area contributed by atoms with Crippen LogP contribution in [0, 0.1) is 5.92 Å². The first-order valence-electron chi connectivity index (χ1n) is 7.82. The number of pyridine rings is 1. The fraction of sp³-hybridized carbons (Fsp3) is 0.688. The molecule has 20 heavy (non-hydrogen) atoms. The van der Waals surface area contributed by atoms with Gasteiger partial charge in [0.25, 0.3) is 0 Å². The minimum Gasteiger partial charge on any atom is -0.478 e. The van der Waals surface area contributed by atoms with Crippen molar-refractivity contribution < 1.29 is 4.74 Å². The topological polar surface area (TPSA) is 37.4 Å². The Kier molecular flexibility index (Phi) is 5.65. The molecule has 0 spiro atoms. The second kappa shape index (κ2) is 7.48. The fourth-order valence-electron chi connectivity index (χ4n) is 2.92. The molecule has 2 unspecified atom stereocenters. The number of rotatable bonds is 6. The summed E-state index contributed by atoms with van der Waals surface area (Å²) in [4.78, 5) is 7.00. The predicted octanol–water partition coefficient (Wildman–Crippen LogP) is 2.69. The van der Waals surface area contributed by atoms with Gasteiger partial charge >= 0.3 is 0 Å². The zero-order chi connectivity index (χ0) is 14.4. The van der Waals surface area contributed by atoms with Gasteiger partial charge in [-0.15, -0.1) is 0 Å². The Morgan fingerprint density at radius 1 is 1.45 bits per heavy atom. The van der Waals surface area contributed by atoms with Crippen LogP contribution in [0.1, 0.15) is 33.6 Å². The molecule has 0 radical (unpaired) electrons. The maximum absolute atomic E-state index is 5.50. The van der Waals surface area contributed by atoms with Gasteiger partial charge in [0.15, 0.2) is 0 Å². The molecule has 4 heteroatoms. The highest BCUT2D eigenvalue weighted by Crippen LogP contribution is 2.25. The Morgan fingerprint density at radius 3 is 3.05 bits per heavy atom. The molecule has 0 bridgehead atoms. The molecule has 1 aromatic heterocycles. The van der Waals surface area contributed by atoms with Gasteiger partial charge in [-0.2, -0.15) is 4.98 Å². The van der Waals surface area contributed by atoms with Gasteiger partial charge in [-0.1, -0.05) is 13.0 Å². The highest BCUT2D eigenvalue weighted by molar-refractivity contribution is 5.41. The van der Waals surface area contributed by atoms with Crippen molar-refractivity contribution in [3.05, 3.63) is 18.2 Å². The van der Waals surface area contributed by atoms with Gasteiger partial charge in [-0.25, -0.2) is 0 Å². The lowest BCUT2D eigenvalue weighted by Gasteiger charge is -2.36. The molecule has 0 aliphatic carbocycles. The van der Waals surface area contributed by atoms with Crippen LogP contribution >= 0.6 is 0 Å². The summed E-state index contributed by atoms with van der Waals surface area (Å²) in [6.45, 7) is 10.3. The summed E-state index contributed by atoms with van der Waals surface area (Å²) in [5.74, 6) is 2.47. The standard InChI is InChI=1S/C16H27N3O/c1-4-17-13(3)14-8-7-11-19(12-14)15-9-6-10-16(18-15)20-5-2/h6,9-10,13-14,17H,4-5,7-8,11-12H2,1-3H3. The smallest absolute Gasteiger partial charge is 0.215 e. The van der Waals surface area contributed by atoms with Gasteiger partial charge < -0.3 is 15.0 Å². The number of ether oxygens (including phenoxy) is 1. The molecule has 0 aromatic carbocycles. The minimum atomic E-state index is 0.567. The second-order valence-electron chi connectivity index (χ2n) is 5.46. The van der Waals surface area contributed by atoms with E-state index in [-0.39, 0.29) is 0 Å². The average Bonchev–Trinajstić information content (AvgIpc) is 2.48. The number of anilines is 1. The van der Waals surface area contributed by atoms with Crippen LogP contribution in [-0.4, -0.2) is 37.3 Å². The van der Waals surface area contributed by atoms with Crippen LogP contribution in [0.2, 0.25) is 0 Å². The van der Waals surface area contributed by atoms with E-state index in [2.05, 4.69) is 35.1 Å². The van der Waals surface area contributed by atoms with E-state index in [0.717, 1.165) is 31.3 Å². The lowest BCUT2D eigenvalue weighted by Crippen LogP contribution is -2.44. The first-order chi connectivity index (χ1) is 9.74. The summed E-state index contributed by atoms with van der Waals surface area (Å²) < 4.78 is 5.50. The zero-order valence-electron chi connectivity index (χ0n) is 12.9. The van der Waals surface area contributed by atoms with Crippen molar-refractivity contribution in [1.29, 1.82) is 0 Å². The SMILES string of the molecule is CCNC(C)C1CCCN(c2cccc(OCC)n2)C1. The maximum atomic E-state index is 5.50. The molecule has 112 valence electrons. The molecule has 1 aliphatic rings. The van der Waals surface area contributed by atoms with E-state index in [9.17, 15) is 0 Å². The molecule has 2 atom stereocenters. The van der Waals surface area contributed by atoms with E-state index in [1.165, 1.54) is 12.8 Å². The average molecular weight is 277 g/mol. The Labute approximate surface area is 122 Å². The molecule has 4 nitrogen and oxygen atoms in total. The van der Waals surface area contributed by atoms with Crippen LogP contribution in [0.3, 0.4) is 0 Å². The molecule has 1 aromatic rings. The van der Waals surface area contributed by atoms with Gasteiger partial charge in [0, 0.05) is 25.2 Å². The van der Waals surface area contributed by atoms with Crippen LogP contribution < -0.4 is 15.0 Å². The van der Waals surface area contributed by atoms with Crippen molar-refractivity contribution in [3.63, 3.8) is 0 Å². The second-order valence-corrected chi connectivity index (χ2v) is 5.46.